The van der Waals surface area contributed by atoms with Crippen LogP contribution in [0.4, 0.5) is 0 Å². The topological polar surface area (TPSA) is 86.2 Å². The second-order valence-electron chi connectivity index (χ2n) is 0.447. The molecule has 0 saturated heterocycles. The average molecular weight is 191 g/mol. The summed E-state index contributed by atoms with van der Waals surface area (Å²) in [5.41, 5.74) is 0. The Labute approximate surface area is 81.0 Å². The summed E-state index contributed by atoms with van der Waals surface area (Å²) in [5.74, 6) is 0. The van der Waals surface area contributed by atoms with Crippen LogP contribution in [0.15, 0.2) is 0 Å². The monoisotopic (exact) mass is 191 g/mol. The molecule has 7 heavy (non-hydrogen) atoms. The van der Waals surface area contributed by atoms with E-state index in [-0.39, 0.29) is 54.8 Å². The Morgan fingerprint density at radius 2 is 1.14 bits per heavy atom. The molecule has 0 fully saturated rings. The van der Waals surface area contributed by atoms with Gasteiger partial charge in [0.1, 0.15) is 0 Å². The Kier molecular flexibility index (Phi) is 13.7. The summed E-state index contributed by atoms with van der Waals surface area (Å²) in [7, 11) is -5.39. The summed E-state index contributed by atoms with van der Waals surface area (Å²) in [5, 5.41) is 0. The maximum atomic E-state index is 8.55. The standard InChI is InChI=1S/Ca.Fe.H3O4P/c;;1-5(2,3)4/h;;(H3,1,2,3,4)/q2*+2;/p-3. The van der Waals surface area contributed by atoms with E-state index in [0.29, 0.717) is 0 Å². The van der Waals surface area contributed by atoms with Gasteiger partial charge in [0, 0.05) is 0 Å². The van der Waals surface area contributed by atoms with Gasteiger partial charge in [-0.2, -0.15) is 7.82 Å². The molecule has 0 radical (unpaired) electrons. The molecule has 0 rings (SSSR count). The molecule has 0 amide bonds. The van der Waals surface area contributed by atoms with Crippen molar-refractivity contribution in [1.82, 2.24) is 0 Å². The molecule has 0 aliphatic carbocycles. The molecule has 7 heteroatoms. The second kappa shape index (κ2) is 6.02. The summed E-state index contributed by atoms with van der Waals surface area (Å²) < 4.78 is 8.55. The molecule has 4 nitrogen and oxygen atoms in total. The molecule has 0 aliphatic rings. The van der Waals surface area contributed by atoms with Crippen molar-refractivity contribution in [3.8, 4) is 0 Å². The first kappa shape index (κ1) is 16.0. The maximum Gasteiger partial charge on any atom is 2.00 e. The summed E-state index contributed by atoms with van der Waals surface area (Å²) in [6.07, 6.45) is 0. The third-order valence-electron chi connectivity index (χ3n) is 0. The van der Waals surface area contributed by atoms with E-state index < -0.39 is 7.82 Å². The van der Waals surface area contributed by atoms with Crippen molar-refractivity contribution in [2.75, 3.05) is 0 Å². The van der Waals surface area contributed by atoms with Crippen molar-refractivity contribution >= 4 is 45.6 Å². The molecule has 0 bridgehead atoms. The minimum absolute atomic E-state index is 0. The summed E-state index contributed by atoms with van der Waals surface area (Å²) in [6, 6.07) is 0. The van der Waals surface area contributed by atoms with E-state index in [1.165, 1.54) is 0 Å². The van der Waals surface area contributed by atoms with Crippen LogP contribution in [0.2, 0.25) is 0 Å². The summed E-state index contributed by atoms with van der Waals surface area (Å²) in [4.78, 5) is 25.6. The van der Waals surface area contributed by atoms with Gasteiger partial charge in [0.05, 0.1) is 0 Å². The van der Waals surface area contributed by atoms with Gasteiger partial charge in [-0.25, -0.2) is 0 Å². The molecule has 0 aliphatic heterocycles. The van der Waals surface area contributed by atoms with Gasteiger partial charge in [-0.3, -0.25) is 0 Å². The van der Waals surface area contributed by atoms with Crippen LogP contribution in [-0.4, -0.2) is 37.7 Å². The van der Waals surface area contributed by atoms with Crippen LogP contribution in [0.25, 0.3) is 0 Å². The Balaban J connectivity index is -0.0000000800. The smallest absolute Gasteiger partial charge is 0.822 e. The zero-order valence-corrected chi connectivity index (χ0v) is 7.35. The predicted molar refractivity (Wildman–Crippen MR) is 13.4 cm³/mol. The molecular formula is CaFeO4P+. The number of hydrogen-bond donors (Lipinski definition) is 0. The third kappa shape index (κ3) is 76.7. The first-order valence-electron chi connectivity index (χ1n) is 0.730. The first-order valence-corrected chi connectivity index (χ1v) is 2.19. The van der Waals surface area contributed by atoms with Crippen LogP contribution in [-0.2, 0) is 21.6 Å². The molecule has 0 atom stereocenters. The van der Waals surface area contributed by atoms with E-state index in [1.54, 1.807) is 0 Å². The van der Waals surface area contributed by atoms with Crippen LogP contribution in [0.3, 0.4) is 0 Å². The van der Waals surface area contributed by atoms with Crippen molar-refractivity contribution in [2.45, 2.75) is 0 Å². The largest absolute Gasteiger partial charge is 2.00 e. The van der Waals surface area contributed by atoms with Gasteiger partial charge in [0.2, 0.25) is 0 Å². The van der Waals surface area contributed by atoms with Crippen molar-refractivity contribution in [3.63, 3.8) is 0 Å². The Bertz CT molecular complexity index is 57.8. The molecule has 0 N–H and O–H groups in total. The van der Waals surface area contributed by atoms with Gasteiger partial charge in [-0.05, 0) is 0 Å². The molecule has 0 aromatic heterocycles. The summed E-state index contributed by atoms with van der Waals surface area (Å²) in [6.45, 7) is 0. The van der Waals surface area contributed by atoms with Crippen LogP contribution < -0.4 is 14.7 Å². The zero-order valence-electron chi connectivity index (χ0n) is 3.14. The number of phosphoric acid groups is 1. The van der Waals surface area contributed by atoms with E-state index in [4.69, 9.17) is 19.2 Å². The van der Waals surface area contributed by atoms with E-state index in [1.807, 2.05) is 0 Å². The Hall–Kier alpha value is 1.89. The molecule has 0 aromatic carbocycles. The second-order valence-corrected chi connectivity index (χ2v) is 1.34. The normalized spacial score (nSPS) is 8.43. The fourth-order valence-electron chi connectivity index (χ4n) is 0. The van der Waals surface area contributed by atoms with Gasteiger partial charge in [-0.15, -0.1) is 0 Å². The summed E-state index contributed by atoms with van der Waals surface area (Å²) >= 11 is 0. The zero-order chi connectivity index (χ0) is 4.50. The van der Waals surface area contributed by atoms with Gasteiger partial charge in [0.15, 0.2) is 0 Å². The van der Waals surface area contributed by atoms with Crippen LogP contribution in [0.1, 0.15) is 0 Å². The minimum atomic E-state index is -5.39. The van der Waals surface area contributed by atoms with E-state index in [0.717, 1.165) is 0 Å². The molecule has 0 unspecified atom stereocenters. The molecule has 0 heterocycles. The minimum Gasteiger partial charge on any atom is -0.822 e. The maximum absolute atomic E-state index is 8.55. The molecule has 0 saturated carbocycles. The van der Waals surface area contributed by atoms with Gasteiger partial charge >= 0.3 is 54.8 Å². The van der Waals surface area contributed by atoms with Crippen LogP contribution >= 0.6 is 7.82 Å². The molecular weight excluding hydrogens is 191 g/mol. The van der Waals surface area contributed by atoms with Gasteiger partial charge in [-0.1, -0.05) is 0 Å². The third-order valence-corrected chi connectivity index (χ3v) is 0. The van der Waals surface area contributed by atoms with Crippen LogP contribution in [0, 0.1) is 0 Å². The van der Waals surface area contributed by atoms with Gasteiger partial charge in [0.25, 0.3) is 0 Å². The van der Waals surface area contributed by atoms with E-state index >= 15 is 0 Å². The first-order chi connectivity index (χ1) is 2.00. The predicted octanol–water partition coefficient (Wildman–Crippen LogP) is -3.21. The van der Waals surface area contributed by atoms with Crippen LogP contribution in [0.5, 0.6) is 0 Å². The number of rotatable bonds is 0. The van der Waals surface area contributed by atoms with Crippen molar-refractivity contribution in [3.05, 3.63) is 0 Å². The Morgan fingerprint density at radius 1 is 1.14 bits per heavy atom. The molecule has 0 spiro atoms. The molecule has 38 valence electrons. The fourth-order valence-corrected chi connectivity index (χ4v) is 0. The fraction of sp³-hybridized carbons (Fsp3) is 0. The average Bonchev–Trinajstić information content (AvgIpc) is 0.722. The quantitative estimate of drug-likeness (QED) is 0.298. The molecule has 0 aromatic rings. The van der Waals surface area contributed by atoms with Gasteiger partial charge < -0.3 is 19.2 Å². The van der Waals surface area contributed by atoms with E-state index in [9.17, 15) is 0 Å². The number of hydrogen-bond acceptors (Lipinski definition) is 4. The Morgan fingerprint density at radius 3 is 1.14 bits per heavy atom. The van der Waals surface area contributed by atoms with Crippen molar-refractivity contribution < 1.29 is 36.3 Å². The SMILES string of the molecule is O=P([O-])([O-])[O-].[Ca+2].[Fe+2]. The van der Waals surface area contributed by atoms with Crippen molar-refractivity contribution in [2.24, 2.45) is 0 Å². The van der Waals surface area contributed by atoms with Crippen molar-refractivity contribution in [1.29, 1.82) is 0 Å². The van der Waals surface area contributed by atoms with E-state index in [2.05, 4.69) is 0 Å².